The molecule has 0 unspecified atom stereocenters. The number of carbonyl (C=O) groups excluding carboxylic acids is 1. The summed E-state index contributed by atoms with van der Waals surface area (Å²) in [4.78, 5) is 23.7. The Hall–Kier alpha value is -2.76. The van der Waals surface area contributed by atoms with Gasteiger partial charge in [-0.05, 0) is 24.6 Å². The van der Waals surface area contributed by atoms with E-state index in [2.05, 4.69) is 5.32 Å². The summed E-state index contributed by atoms with van der Waals surface area (Å²) in [5.41, 5.74) is 5.71. The first kappa shape index (κ1) is 14.6. The van der Waals surface area contributed by atoms with E-state index in [-0.39, 0.29) is 39.3 Å². The van der Waals surface area contributed by atoms with Gasteiger partial charge in [0.05, 0.1) is 10.9 Å². The molecule has 0 atom stereocenters. The number of nitrogens with one attached hydrogen (secondary N) is 1. The molecule has 6 nitrogen and oxygen atoms in total. The summed E-state index contributed by atoms with van der Waals surface area (Å²) < 4.78 is 5.28. The first-order valence-corrected chi connectivity index (χ1v) is 6.53. The van der Waals surface area contributed by atoms with Crippen LogP contribution in [0.1, 0.15) is 18.9 Å². The number of benzene rings is 1. The van der Waals surface area contributed by atoms with Crippen LogP contribution in [-0.2, 0) is 4.79 Å². The molecule has 0 fully saturated rings. The average molecular weight is 288 g/mol. The molecule has 0 radical (unpaired) electrons. The van der Waals surface area contributed by atoms with Crippen molar-refractivity contribution < 1.29 is 14.3 Å². The second-order valence-corrected chi connectivity index (χ2v) is 4.52. The molecule has 21 heavy (non-hydrogen) atoms. The summed E-state index contributed by atoms with van der Waals surface area (Å²) >= 11 is 0. The molecule has 0 saturated carbocycles. The summed E-state index contributed by atoms with van der Waals surface area (Å²) in [6.07, 6.45) is 4.71. The molecule has 2 rings (SSSR count). The minimum absolute atomic E-state index is 0.0146. The van der Waals surface area contributed by atoms with Crippen molar-refractivity contribution in [3.05, 3.63) is 40.3 Å². The van der Waals surface area contributed by atoms with Crippen molar-refractivity contribution in [2.45, 2.75) is 13.3 Å². The molecule has 110 valence electrons. The van der Waals surface area contributed by atoms with Crippen LogP contribution in [0.15, 0.2) is 33.7 Å². The normalized spacial score (nSPS) is 11.1. The van der Waals surface area contributed by atoms with Gasteiger partial charge in [0.2, 0.25) is 5.91 Å². The maximum absolute atomic E-state index is 12.2. The molecule has 0 spiro atoms. The number of nitrogens with two attached hydrogens (primary N) is 1. The van der Waals surface area contributed by atoms with Gasteiger partial charge in [0.15, 0.2) is 11.0 Å². The van der Waals surface area contributed by atoms with Gasteiger partial charge in [0.1, 0.15) is 17.7 Å². The van der Waals surface area contributed by atoms with Crippen LogP contribution in [0.4, 0.5) is 5.69 Å². The number of rotatable bonds is 4. The van der Waals surface area contributed by atoms with Crippen LogP contribution in [-0.4, -0.2) is 17.6 Å². The summed E-state index contributed by atoms with van der Waals surface area (Å²) in [5, 5.41) is 12.4. The van der Waals surface area contributed by atoms with E-state index < -0.39 is 0 Å². The Kier molecular flexibility index (Phi) is 4.27. The minimum atomic E-state index is -0.317. The third-order valence-electron chi connectivity index (χ3n) is 2.95. The third kappa shape index (κ3) is 3.05. The first-order valence-electron chi connectivity index (χ1n) is 6.53. The lowest BCUT2D eigenvalue weighted by Crippen LogP contribution is -2.21. The van der Waals surface area contributed by atoms with Crippen molar-refractivity contribution in [2.75, 3.05) is 12.3 Å². The maximum Gasteiger partial charge on any atom is 0.244 e. The van der Waals surface area contributed by atoms with Crippen molar-refractivity contribution in [3.63, 3.8) is 0 Å². The first-order chi connectivity index (χ1) is 10.0. The van der Waals surface area contributed by atoms with Crippen LogP contribution < -0.4 is 16.5 Å². The number of amides is 1. The van der Waals surface area contributed by atoms with Gasteiger partial charge < -0.3 is 20.6 Å². The Labute approximate surface area is 120 Å². The molecule has 0 saturated heterocycles. The molecule has 1 aromatic carbocycles. The molecule has 0 bridgehead atoms. The fourth-order valence-electron chi connectivity index (χ4n) is 1.81. The molecule has 1 amide bonds. The second kappa shape index (κ2) is 6.13. The number of phenols is 1. The zero-order valence-electron chi connectivity index (χ0n) is 11.6. The van der Waals surface area contributed by atoms with Crippen LogP contribution in [0.5, 0.6) is 5.75 Å². The average Bonchev–Trinajstić information content (AvgIpc) is 2.48. The smallest absolute Gasteiger partial charge is 0.244 e. The molecule has 0 aliphatic heterocycles. The van der Waals surface area contributed by atoms with Gasteiger partial charge in [-0.25, -0.2) is 0 Å². The number of phenolic OH excluding ortho intramolecular Hbond substituents is 1. The van der Waals surface area contributed by atoms with Gasteiger partial charge in [-0.2, -0.15) is 0 Å². The van der Waals surface area contributed by atoms with E-state index in [9.17, 15) is 14.7 Å². The van der Waals surface area contributed by atoms with E-state index in [4.69, 9.17) is 10.2 Å². The fraction of sp³-hybridized carbons (Fsp3) is 0.200. The highest BCUT2D eigenvalue weighted by molar-refractivity contribution is 5.94. The largest absolute Gasteiger partial charge is 0.506 e. The maximum atomic E-state index is 12.2. The number of aromatic hydroxyl groups is 1. The van der Waals surface area contributed by atoms with Gasteiger partial charge in [-0.3, -0.25) is 9.59 Å². The molecule has 4 N–H and O–H groups in total. The predicted octanol–water partition coefficient (Wildman–Crippen LogP) is 1.62. The molecule has 0 aliphatic rings. The van der Waals surface area contributed by atoms with Crippen LogP contribution in [0, 0.1) is 0 Å². The highest BCUT2D eigenvalue weighted by Crippen LogP contribution is 2.28. The van der Waals surface area contributed by atoms with Gasteiger partial charge in [0, 0.05) is 12.6 Å². The van der Waals surface area contributed by atoms with Crippen molar-refractivity contribution in [2.24, 2.45) is 0 Å². The molecule has 0 aliphatic carbocycles. The lowest BCUT2D eigenvalue weighted by atomic mass is 10.1. The zero-order valence-corrected chi connectivity index (χ0v) is 11.6. The van der Waals surface area contributed by atoms with E-state index >= 15 is 0 Å². The number of hydrogen-bond donors (Lipinski definition) is 3. The van der Waals surface area contributed by atoms with E-state index in [0.717, 1.165) is 6.42 Å². The lowest BCUT2D eigenvalue weighted by Gasteiger charge is -2.03. The van der Waals surface area contributed by atoms with Gasteiger partial charge in [0.25, 0.3) is 0 Å². The number of carbonyl (C=O) groups is 1. The number of anilines is 1. The van der Waals surface area contributed by atoms with Crippen LogP contribution in [0.2, 0.25) is 0 Å². The summed E-state index contributed by atoms with van der Waals surface area (Å²) in [6, 6.07) is 2.76. The predicted molar refractivity (Wildman–Crippen MR) is 80.9 cm³/mol. The molecule has 2 aromatic rings. The number of nitrogen functional groups attached to an aromatic ring is 1. The fourth-order valence-corrected chi connectivity index (χ4v) is 1.81. The summed E-state index contributed by atoms with van der Waals surface area (Å²) in [6.45, 7) is 2.52. The second-order valence-electron chi connectivity index (χ2n) is 4.52. The van der Waals surface area contributed by atoms with E-state index in [0.29, 0.717) is 6.54 Å². The summed E-state index contributed by atoms with van der Waals surface area (Å²) in [5.74, 6) is -0.422. The Morgan fingerprint density at radius 1 is 1.48 bits per heavy atom. The van der Waals surface area contributed by atoms with Crippen molar-refractivity contribution >= 4 is 28.6 Å². The highest BCUT2D eigenvalue weighted by Gasteiger charge is 2.10. The quantitative estimate of drug-likeness (QED) is 0.450. The molecular weight excluding hydrogens is 272 g/mol. The highest BCUT2D eigenvalue weighted by atomic mass is 16.3. The van der Waals surface area contributed by atoms with Crippen molar-refractivity contribution in [1.82, 2.24) is 5.32 Å². The van der Waals surface area contributed by atoms with Gasteiger partial charge in [-0.1, -0.05) is 6.92 Å². The summed E-state index contributed by atoms with van der Waals surface area (Å²) in [7, 11) is 0. The van der Waals surface area contributed by atoms with Gasteiger partial charge >= 0.3 is 0 Å². The molecule has 6 heteroatoms. The third-order valence-corrected chi connectivity index (χ3v) is 2.95. The van der Waals surface area contributed by atoms with E-state index in [1.54, 1.807) is 0 Å². The van der Waals surface area contributed by atoms with Crippen LogP contribution in [0.25, 0.3) is 17.0 Å². The molecule has 1 aromatic heterocycles. The van der Waals surface area contributed by atoms with Crippen LogP contribution >= 0.6 is 0 Å². The Balaban J connectivity index is 2.37. The topological polar surface area (TPSA) is 106 Å². The standard InChI is InChI=1S/C15H16N2O4/c1-2-7-17-12(19)6-3-9-8-21-15-10(14(9)20)4-5-11(18)13(15)16/h3-6,8,18H,2,7,16H2,1H3,(H,17,19)/b6-3+. The van der Waals surface area contributed by atoms with Gasteiger partial charge in [-0.15, -0.1) is 0 Å². The minimum Gasteiger partial charge on any atom is -0.506 e. The zero-order chi connectivity index (χ0) is 15.4. The SMILES string of the molecule is CCCNC(=O)/C=C/c1coc2c(N)c(O)ccc2c1=O. The number of fused-ring (bicyclic) bond motifs is 1. The van der Waals surface area contributed by atoms with Crippen molar-refractivity contribution in [3.8, 4) is 5.75 Å². The monoisotopic (exact) mass is 288 g/mol. The number of hydrogen-bond acceptors (Lipinski definition) is 5. The van der Waals surface area contributed by atoms with E-state index in [1.807, 2.05) is 6.92 Å². The Bertz CT molecular complexity index is 762. The van der Waals surface area contributed by atoms with E-state index in [1.165, 1.54) is 30.5 Å². The van der Waals surface area contributed by atoms with Crippen LogP contribution in [0.3, 0.4) is 0 Å². The molecule has 1 heterocycles. The molecular formula is C15H16N2O4. The Morgan fingerprint density at radius 2 is 2.24 bits per heavy atom. The Morgan fingerprint density at radius 3 is 2.95 bits per heavy atom. The lowest BCUT2D eigenvalue weighted by molar-refractivity contribution is -0.116. The van der Waals surface area contributed by atoms with Crippen molar-refractivity contribution in [1.29, 1.82) is 0 Å².